The van der Waals surface area contributed by atoms with Gasteiger partial charge in [0, 0.05) is 13.0 Å². The van der Waals surface area contributed by atoms with Crippen LogP contribution in [0.4, 0.5) is 0 Å². The van der Waals surface area contributed by atoms with Gasteiger partial charge in [0.1, 0.15) is 6.10 Å². The third kappa shape index (κ3) is 5.17. The number of allylic oxidation sites excluding steroid dienone is 1. The Hall–Kier alpha value is -2.18. The van der Waals surface area contributed by atoms with E-state index in [4.69, 9.17) is 14.2 Å². The minimum absolute atomic E-state index is 0.170. The second-order valence-electron chi connectivity index (χ2n) is 6.97. The summed E-state index contributed by atoms with van der Waals surface area (Å²) >= 11 is 0. The number of carbonyl (C=O) groups is 2. The van der Waals surface area contributed by atoms with Crippen LogP contribution in [0.25, 0.3) is 0 Å². The van der Waals surface area contributed by atoms with E-state index < -0.39 is 24.3 Å². The topological polar surface area (TPSA) is 82.1 Å². The van der Waals surface area contributed by atoms with Crippen molar-refractivity contribution in [3.05, 3.63) is 48.0 Å². The first-order chi connectivity index (χ1) is 12.9. The number of esters is 2. The number of aliphatic hydroxyl groups excluding tert-OH is 1. The van der Waals surface area contributed by atoms with Gasteiger partial charge in [-0.05, 0) is 23.5 Å². The Morgan fingerprint density at radius 2 is 1.74 bits per heavy atom. The molecule has 0 radical (unpaired) electrons. The molecule has 0 fully saturated rings. The normalized spacial score (nSPS) is 28.9. The van der Waals surface area contributed by atoms with Crippen LogP contribution < -0.4 is 0 Å². The summed E-state index contributed by atoms with van der Waals surface area (Å²) in [4.78, 5) is 24.3. The number of carbonyl (C=O) groups excluding carboxylic acids is 2. The zero-order chi connectivity index (χ0) is 20.0. The van der Waals surface area contributed by atoms with Gasteiger partial charge in [-0.2, -0.15) is 0 Å². The first-order valence-corrected chi connectivity index (χ1v) is 9.10. The molecule has 148 valence electrons. The molecule has 2 rings (SSSR count). The summed E-state index contributed by atoms with van der Waals surface area (Å²) in [6, 6.07) is 9.10. The largest absolute Gasteiger partial charge is 0.469 e. The van der Waals surface area contributed by atoms with Gasteiger partial charge in [0.05, 0.1) is 19.6 Å². The molecule has 27 heavy (non-hydrogen) atoms. The van der Waals surface area contributed by atoms with Crippen molar-refractivity contribution in [2.75, 3.05) is 14.2 Å². The van der Waals surface area contributed by atoms with Gasteiger partial charge < -0.3 is 19.3 Å². The second-order valence-corrected chi connectivity index (χ2v) is 6.97. The average Bonchev–Trinajstić information content (AvgIpc) is 2.77. The molecule has 0 saturated heterocycles. The highest BCUT2D eigenvalue weighted by molar-refractivity contribution is 5.77. The summed E-state index contributed by atoms with van der Waals surface area (Å²) in [5.41, 5.74) is 0.702. The molecule has 0 aliphatic heterocycles. The van der Waals surface area contributed by atoms with Crippen molar-refractivity contribution in [1.82, 2.24) is 0 Å². The summed E-state index contributed by atoms with van der Waals surface area (Å²) in [6.45, 7) is 3.71. The van der Waals surface area contributed by atoms with Crippen LogP contribution in [0, 0.1) is 17.8 Å². The fraction of sp³-hybridized carbons (Fsp3) is 0.524. The SMILES string of the molecule is COC(=O)C[C@@H]1C=C[C@@H](OC(=O)[C@@H](OC)c2ccccc2)[C@H](C)[C@H](O)[C@@H]1C. The number of ether oxygens (including phenoxy) is 3. The fourth-order valence-corrected chi connectivity index (χ4v) is 3.40. The van der Waals surface area contributed by atoms with E-state index in [1.165, 1.54) is 14.2 Å². The third-order valence-electron chi connectivity index (χ3n) is 5.25. The van der Waals surface area contributed by atoms with Crippen LogP contribution in [0.5, 0.6) is 0 Å². The number of benzene rings is 1. The van der Waals surface area contributed by atoms with Gasteiger partial charge in [0.15, 0.2) is 6.10 Å². The maximum atomic E-state index is 12.7. The predicted octanol–water partition coefficient (Wildman–Crippen LogP) is 2.67. The molecule has 0 saturated carbocycles. The van der Waals surface area contributed by atoms with Crippen molar-refractivity contribution in [2.24, 2.45) is 17.8 Å². The summed E-state index contributed by atoms with van der Waals surface area (Å²) < 4.78 is 15.7. The quantitative estimate of drug-likeness (QED) is 0.607. The van der Waals surface area contributed by atoms with Crippen molar-refractivity contribution in [1.29, 1.82) is 0 Å². The van der Waals surface area contributed by atoms with E-state index in [0.717, 1.165) is 0 Å². The Kier molecular flexibility index (Phi) is 7.56. The van der Waals surface area contributed by atoms with Gasteiger partial charge in [-0.1, -0.05) is 50.3 Å². The maximum absolute atomic E-state index is 12.7. The van der Waals surface area contributed by atoms with Gasteiger partial charge in [0.2, 0.25) is 0 Å². The van der Waals surface area contributed by atoms with E-state index in [9.17, 15) is 14.7 Å². The highest BCUT2D eigenvalue weighted by atomic mass is 16.6. The van der Waals surface area contributed by atoms with Crippen LogP contribution in [0.3, 0.4) is 0 Å². The standard InChI is InChI=1S/C21H28O6/c1-13-16(12-18(22)25-3)10-11-17(14(2)19(13)23)27-21(24)20(26-4)15-8-6-5-7-9-15/h5-11,13-14,16-17,19-20,23H,12H2,1-4H3/t13-,14+,16+,17-,19-,20+/m1/s1. The highest BCUT2D eigenvalue weighted by Crippen LogP contribution is 2.32. The lowest BCUT2D eigenvalue weighted by Gasteiger charge is -2.30. The molecule has 1 aromatic carbocycles. The van der Waals surface area contributed by atoms with Gasteiger partial charge in [-0.25, -0.2) is 4.79 Å². The van der Waals surface area contributed by atoms with Crippen LogP contribution in [0.2, 0.25) is 0 Å². The molecular weight excluding hydrogens is 348 g/mol. The van der Waals surface area contributed by atoms with Crippen LogP contribution in [-0.4, -0.2) is 43.5 Å². The van der Waals surface area contributed by atoms with Crippen molar-refractivity contribution >= 4 is 11.9 Å². The average molecular weight is 376 g/mol. The van der Waals surface area contributed by atoms with Gasteiger partial charge in [-0.3, -0.25) is 4.79 Å². The van der Waals surface area contributed by atoms with E-state index >= 15 is 0 Å². The van der Waals surface area contributed by atoms with E-state index in [0.29, 0.717) is 5.56 Å². The van der Waals surface area contributed by atoms with Crippen molar-refractivity contribution in [3.8, 4) is 0 Å². The Morgan fingerprint density at radius 1 is 1.07 bits per heavy atom. The van der Waals surface area contributed by atoms with Crippen LogP contribution in [-0.2, 0) is 23.8 Å². The van der Waals surface area contributed by atoms with Crippen molar-refractivity contribution in [2.45, 2.75) is 38.6 Å². The molecule has 0 bridgehead atoms. The number of hydrogen-bond donors (Lipinski definition) is 1. The minimum atomic E-state index is -0.838. The lowest BCUT2D eigenvalue weighted by atomic mass is 9.83. The molecule has 6 atom stereocenters. The Balaban J connectivity index is 2.15. The maximum Gasteiger partial charge on any atom is 0.340 e. The molecule has 0 spiro atoms. The molecule has 1 aliphatic carbocycles. The minimum Gasteiger partial charge on any atom is -0.469 e. The lowest BCUT2D eigenvalue weighted by Crippen LogP contribution is -2.37. The molecule has 0 aromatic heterocycles. The lowest BCUT2D eigenvalue weighted by molar-refractivity contribution is -0.163. The zero-order valence-corrected chi connectivity index (χ0v) is 16.2. The summed E-state index contributed by atoms with van der Waals surface area (Å²) in [6.07, 6.45) is 1.57. The Labute approximate surface area is 160 Å². The molecule has 1 aliphatic rings. The zero-order valence-electron chi connectivity index (χ0n) is 16.2. The molecular formula is C21H28O6. The smallest absolute Gasteiger partial charge is 0.340 e. The van der Waals surface area contributed by atoms with E-state index in [1.807, 2.05) is 38.1 Å². The second kappa shape index (κ2) is 9.67. The molecule has 1 aromatic rings. The third-order valence-corrected chi connectivity index (χ3v) is 5.25. The molecule has 0 heterocycles. The van der Waals surface area contributed by atoms with E-state index in [1.54, 1.807) is 18.2 Å². The first-order valence-electron chi connectivity index (χ1n) is 9.10. The van der Waals surface area contributed by atoms with Crippen LogP contribution >= 0.6 is 0 Å². The Morgan fingerprint density at radius 3 is 2.33 bits per heavy atom. The fourth-order valence-electron chi connectivity index (χ4n) is 3.40. The monoisotopic (exact) mass is 376 g/mol. The Bertz CT molecular complexity index is 656. The molecule has 6 heteroatoms. The predicted molar refractivity (Wildman–Crippen MR) is 99.7 cm³/mol. The number of methoxy groups -OCH3 is 2. The summed E-state index contributed by atoms with van der Waals surface area (Å²) in [5.74, 6) is -1.54. The van der Waals surface area contributed by atoms with Crippen LogP contribution in [0.15, 0.2) is 42.5 Å². The molecule has 1 N–H and O–H groups in total. The van der Waals surface area contributed by atoms with Gasteiger partial charge >= 0.3 is 11.9 Å². The van der Waals surface area contributed by atoms with Crippen molar-refractivity contribution in [3.63, 3.8) is 0 Å². The highest BCUT2D eigenvalue weighted by Gasteiger charge is 2.37. The molecule has 6 nitrogen and oxygen atoms in total. The number of aliphatic hydroxyl groups is 1. The molecule has 0 amide bonds. The summed E-state index contributed by atoms with van der Waals surface area (Å²) in [7, 11) is 2.79. The van der Waals surface area contributed by atoms with Gasteiger partial charge in [-0.15, -0.1) is 0 Å². The van der Waals surface area contributed by atoms with Crippen LogP contribution in [0.1, 0.15) is 31.9 Å². The van der Waals surface area contributed by atoms with E-state index in [-0.39, 0.29) is 30.1 Å². The van der Waals surface area contributed by atoms with Crippen molar-refractivity contribution < 1.29 is 28.9 Å². The number of rotatable bonds is 6. The first kappa shape index (κ1) is 21.1. The number of hydrogen-bond acceptors (Lipinski definition) is 6. The summed E-state index contributed by atoms with van der Waals surface area (Å²) in [5, 5.41) is 10.7. The van der Waals surface area contributed by atoms with Gasteiger partial charge in [0.25, 0.3) is 0 Å². The molecule has 0 unspecified atom stereocenters. The van der Waals surface area contributed by atoms with E-state index in [2.05, 4.69) is 0 Å².